The molecule has 27 heavy (non-hydrogen) atoms. The maximum atomic E-state index is 12.6. The van der Waals surface area contributed by atoms with Crippen LogP contribution in [0.3, 0.4) is 0 Å². The van der Waals surface area contributed by atoms with Crippen molar-refractivity contribution in [1.82, 2.24) is 25.3 Å². The number of nitrogens with zero attached hydrogens (tertiary/aromatic N) is 4. The average Bonchev–Trinajstić information content (AvgIpc) is 3.09. The summed E-state index contributed by atoms with van der Waals surface area (Å²) in [5.74, 6) is -0.331. The van der Waals surface area contributed by atoms with Gasteiger partial charge in [-0.3, -0.25) is 4.79 Å². The van der Waals surface area contributed by atoms with Gasteiger partial charge in [-0.15, -0.1) is 29.9 Å². The van der Waals surface area contributed by atoms with E-state index in [-0.39, 0.29) is 42.9 Å². The van der Waals surface area contributed by atoms with E-state index in [1.807, 2.05) is 13.8 Å². The van der Waals surface area contributed by atoms with Crippen LogP contribution in [0, 0.1) is 0 Å². The minimum atomic E-state index is -4.47. The van der Waals surface area contributed by atoms with Crippen LogP contribution in [0.2, 0.25) is 0 Å². The van der Waals surface area contributed by atoms with E-state index in [4.69, 9.17) is 5.73 Å². The zero-order valence-electron chi connectivity index (χ0n) is 14.7. The van der Waals surface area contributed by atoms with Gasteiger partial charge in [0.1, 0.15) is 0 Å². The number of rotatable bonds is 6. The number of aromatic nitrogens is 4. The van der Waals surface area contributed by atoms with Crippen molar-refractivity contribution in [2.75, 3.05) is 6.54 Å². The Hall–Kier alpha value is -1.91. The fourth-order valence-electron chi connectivity index (χ4n) is 2.24. The molecule has 0 fully saturated rings. The molecule has 0 aliphatic rings. The molecule has 1 amide bonds. The van der Waals surface area contributed by atoms with E-state index in [0.29, 0.717) is 19.0 Å². The molecule has 2 aromatic heterocycles. The zero-order chi connectivity index (χ0) is 18.7. The monoisotopic (exact) mass is 428 g/mol. The van der Waals surface area contributed by atoms with Crippen molar-refractivity contribution in [2.24, 2.45) is 5.73 Å². The van der Waals surface area contributed by atoms with Crippen LogP contribution in [0.1, 0.15) is 42.7 Å². The molecule has 0 spiro atoms. The van der Waals surface area contributed by atoms with Crippen molar-refractivity contribution in [3.8, 4) is 5.82 Å². The van der Waals surface area contributed by atoms with E-state index in [1.165, 1.54) is 6.20 Å². The molecule has 0 saturated carbocycles. The highest BCUT2D eigenvalue weighted by Gasteiger charge is 2.31. The van der Waals surface area contributed by atoms with Crippen LogP contribution in [0.4, 0.5) is 13.2 Å². The van der Waals surface area contributed by atoms with Gasteiger partial charge >= 0.3 is 6.18 Å². The molecule has 0 unspecified atom stereocenters. The van der Waals surface area contributed by atoms with E-state index < -0.39 is 23.2 Å². The first-order chi connectivity index (χ1) is 11.7. The maximum Gasteiger partial charge on any atom is 0.417 e. The molecule has 0 bridgehead atoms. The first-order valence-electron chi connectivity index (χ1n) is 7.73. The van der Waals surface area contributed by atoms with Crippen molar-refractivity contribution in [3.05, 3.63) is 35.8 Å². The molecule has 3 N–H and O–H groups in total. The molecule has 0 radical (unpaired) electrons. The van der Waals surface area contributed by atoms with Gasteiger partial charge < -0.3 is 11.1 Å². The quantitative estimate of drug-likeness (QED) is 0.736. The molecule has 12 heteroatoms. The smallest absolute Gasteiger partial charge is 0.344 e. The number of hydrogen-bond donors (Lipinski definition) is 2. The summed E-state index contributed by atoms with van der Waals surface area (Å²) in [5.41, 5.74) is 4.37. The summed E-state index contributed by atoms with van der Waals surface area (Å²) in [5, 5.41) is 10.3. The lowest BCUT2D eigenvalue weighted by Crippen LogP contribution is -2.53. The molecule has 0 aromatic carbocycles. The van der Waals surface area contributed by atoms with Crippen molar-refractivity contribution in [3.63, 3.8) is 0 Å². The minimum Gasteiger partial charge on any atom is -0.344 e. The lowest BCUT2D eigenvalue weighted by molar-refractivity contribution is -0.137. The number of pyridine rings is 1. The third-order valence-corrected chi connectivity index (χ3v) is 4.16. The molecule has 152 valence electrons. The van der Waals surface area contributed by atoms with Crippen LogP contribution in [0.5, 0.6) is 0 Å². The molecule has 2 rings (SSSR count). The van der Waals surface area contributed by atoms with Crippen LogP contribution < -0.4 is 11.1 Å². The fourth-order valence-corrected chi connectivity index (χ4v) is 2.24. The summed E-state index contributed by atoms with van der Waals surface area (Å²) in [6.07, 6.45) is -1.16. The Kier molecular flexibility index (Phi) is 9.16. The number of amides is 1. The second-order valence-corrected chi connectivity index (χ2v) is 5.60. The molecule has 0 atom stereocenters. The molecule has 0 aliphatic carbocycles. The third-order valence-electron chi connectivity index (χ3n) is 4.16. The predicted molar refractivity (Wildman–Crippen MR) is 98.5 cm³/mol. The van der Waals surface area contributed by atoms with Gasteiger partial charge in [-0.1, -0.05) is 19.1 Å². The van der Waals surface area contributed by atoms with E-state index in [9.17, 15) is 18.0 Å². The van der Waals surface area contributed by atoms with Crippen molar-refractivity contribution in [1.29, 1.82) is 0 Å². The Morgan fingerprint density at radius 1 is 1.22 bits per heavy atom. The lowest BCUT2D eigenvalue weighted by atomic mass is 9.93. The first kappa shape index (κ1) is 25.1. The Bertz CT molecular complexity index is 724. The molecular formula is C15H21Cl2F3N6O. The van der Waals surface area contributed by atoms with E-state index >= 15 is 0 Å². The van der Waals surface area contributed by atoms with Gasteiger partial charge in [0.05, 0.1) is 17.3 Å². The van der Waals surface area contributed by atoms with Gasteiger partial charge in [0, 0.05) is 12.7 Å². The van der Waals surface area contributed by atoms with Gasteiger partial charge in [-0.25, -0.2) is 9.67 Å². The number of nitrogens with one attached hydrogen (secondary N) is 1. The number of hydrogen-bond acceptors (Lipinski definition) is 5. The van der Waals surface area contributed by atoms with Gasteiger partial charge in [0.2, 0.25) is 0 Å². The number of halogens is 5. The highest BCUT2D eigenvalue weighted by atomic mass is 35.5. The fraction of sp³-hybridized carbons (Fsp3) is 0.467. The third kappa shape index (κ3) is 5.78. The van der Waals surface area contributed by atoms with Crippen LogP contribution in [0.25, 0.3) is 5.82 Å². The molecular weight excluding hydrogens is 408 g/mol. The lowest BCUT2D eigenvalue weighted by Gasteiger charge is -2.30. The molecule has 7 nitrogen and oxygen atoms in total. The van der Waals surface area contributed by atoms with Crippen LogP contribution in [-0.4, -0.2) is 38.0 Å². The topological polar surface area (TPSA) is 98.7 Å². The summed E-state index contributed by atoms with van der Waals surface area (Å²) in [6, 6.07) is 2.04. The van der Waals surface area contributed by atoms with Crippen LogP contribution in [0.15, 0.2) is 24.5 Å². The second-order valence-electron chi connectivity index (χ2n) is 5.60. The van der Waals surface area contributed by atoms with E-state index in [1.54, 1.807) is 0 Å². The Labute approximate surface area is 166 Å². The molecule has 0 saturated heterocycles. The SMILES string of the molecule is CCC(CC)(CN)NC(=O)c1cn(-c2ccc(C(F)(F)F)cn2)nn1.Cl.Cl. The Morgan fingerprint density at radius 2 is 1.85 bits per heavy atom. The largest absolute Gasteiger partial charge is 0.417 e. The highest BCUT2D eigenvalue weighted by molar-refractivity contribution is 5.92. The van der Waals surface area contributed by atoms with Crippen LogP contribution >= 0.6 is 24.8 Å². The standard InChI is InChI=1S/C15H19F3N6O.2ClH/c1-3-14(4-2,9-19)21-13(25)11-8-24(23-22-11)12-6-5-10(7-20-12)15(16,17)18;;/h5-8H,3-4,9,19H2,1-2H3,(H,21,25);2*1H. The normalized spacial score (nSPS) is 11.3. The highest BCUT2D eigenvalue weighted by Crippen LogP contribution is 2.28. The minimum absolute atomic E-state index is 0. The molecule has 2 heterocycles. The second kappa shape index (κ2) is 9.86. The molecule has 2 aromatic rings. The summed E-state index contributed by atoms with van der Waals surface area (Å²) >= 11 is 0. The van der Waals surface area contributed by atoms with Crippen molar-refractivity contribution < 1.29 is 18.0 Å². The Morgan fingerprint density at radius 3 is 2.30 bits per heavy atom. The van der Waals surface area contributed by atoms with Gasteiger partial charge in [-0.2, -0.15) is 13.2 Å². The number of carbonyl (C=O) groups excluding carboxylic acids is 1. The molecule has 0 aliphatic heterocycles. The number of alkyl halides is 3. The summed E-state index contributed by atoms with van der Waals surface area (Å²) < 4.78 is 38.8. The average molecular weight is 429 g/mol. The number of nitrogens with two attached hydrogens (primary N) is 1. The predicted octanol–water partition coefficient (Wildman–Crippen LogP) is 2.77. The van der Waals surface area contributed by atoms with Crippen molar-refractivity contribution in [2.45, 2.75) is 38.4 Å². The summed E-state index contributed by atoms with van der Waals surface area (Å²) in [6.45, 7) is 4.11. The van der Waals surface area contributed by atoms with E-state index in [2.05, 4.69) is 20.6 Å². The Balaban J connectivity index is 0.00000338. The van der Waals surface area contributed by atoms with Gasteiger partial charge in [0.15, 0.2) is 11.5 Å². The van der Waals surface area contributed by atoms with Crippen molar-refractivity contribution >= 4 is 30.7 Å². The first-order valence-corrected chi connectivity index (χ1v) is 7.73. The maximum absolute atomic E-state index is 12.6. The van der Waals surface area contributed by atoms with Gasteiger partial charge in [-0.05, 0) is 25.0 Å². The summed E-state index contributed by atoms with van der Waals surface area (Å²) in [7, 11) is 0. The van der Waals surface area contributed by atoms with E-state index in [0.717, 1.165) is 16.8 Å². The summed E-state index contributed by atoms with van der Waals surface area (Å²) in [4.78, 5) is 16.0. The zero-order valence-corrected chi connectivity index (χ0v) is 16.3. The van der Waals surface area contributed by atoms with Crippen LogP contribution in [-0.2, 0) is 6.18 Å². The number of carbonyl (C=O) groups is 1. The van der Waals surface area contributed by atoms with Gasteiger partial charge in [0.25, 0.3) is 5.91 Å².